The van der Waals surface area contributed by atoms with E-state index in [4.69, 9.17) is 9.47 Å². The highest BCUT2D eigenvalue weighted by Gasteiger charge is 2.10. The Morgan fingerprint density at radius 3 is 2.61 bits per heavy atom. The first-order valence-electron chi connectivity index (χ1n) is 7.22. The summed E-state index contributed by atoms with van der Waals surface area (Å²) in [7, 11) is 1.56. The van der Waals surface area contributed by atoms with Gasteiger partial charge in [-0.3, -0.25) is 9.59 Å². The van der Waals surface area contributed by atoms with Crippen LogP contribution in [0.2, 0.25) is 0 Å². The Morgan fingerprint density at radius 1 is 1.09 bits per heavy atom. The van der Waals surface area contributed by atoms with E-state index in [9.17, 15) is 9.59 Å². The van der Waals surface area contributed by atoms with Crippen LogP contribution in [-0.2, 0) is 20.7 Å². The van der Waals surface area contributed by atoms with Crippen molar-refractivity contribution in [1.29, 1.82) is 0 Å². The summed E-state index contributed by atoms with van der Waals surface area (Å²) in [5.74, 6) is -0.149. The standard InChI is InChI=1S/C18H19NO4/c1-13-6-3-4-9-16(13)19-17(20)12-23-18(21)11-14-7-5-8-15(10-14)22-2/h3-10H,11-12H2,1-2H3,(H,19,20). The Bertz CT molecular complexity index is 697. The molecule has 0 heterocycles. The molecule has 5 nitrogen and oxygen atoms in total. The zero-order chi connectivity index (χ0) is 16.7. The van der Waals surface area contributed by atoms with Crippen LogP contribution in [0.25, 0.3) is 0 Å². The van der Waals surface area contributed by atoms with Crippen molar-refractivity contribution in [3.8, 4) is 5.75 Å². The fourth-order valence-electron chi connectivity index (χ4n) is 2.05. The molecule has 0 aliphatic rings. The Kier molecular flexibility index (Phi) is 5.74. The van der Waals surface area contributed by atoms with Crippen LogP contribution in [0.15, 0.2) is 48.5 Å². The van der Waals surface area contributed by atoms with Crippen LogP contribution in [-0.4, -0.2) is 25.6 Å². The Morgan fingerprint density at radius 2 is 1.87 bits per heavy atom. The molecule has 0 atom stereocenters. The zero-order valence-electron chi connectivity index (χ0n) is 13.2. The van der Waals surface area contributed by atoms with Gasteiger partial charge in [0.15, 0.2) is 6.61 Å². The van der Waals surface area contributed by atoms with Gasteiger partial charge in [0, 0.05) is 5.69 Å². The number of benzene rings is 2. The van der Waals surface area contributed by atoms with Crippen molar-refractivity contribution in [2.45, 2.75) is 13.3 Å². The second-order valence-electron chi connectivity index (χ2n) is 5.05. The topological polar surface area (TPSA) is 64.6 Å². The van der Waals surface area contributed by atoms with Crippen LogP contribution < -0.4 is 10.1 Å². The zero-order valence-corrected chi connectivity index (χ0v) is 13.2. The number of ether oxygens (including phenoxy) is 2. The molecule has 23 heavy (non-hydrogen) atoms. The van der Waals surface area contributed by atoms with Crippen molar-refractivity contribution in [2.75, 3.05) is 19.0 Å². The average molecular weight is 313 g/mol. The van der Waals surface area contributed by atoms with E-state index in [0.717, 1.165) is 11.1 Å². The fourth-order valence-corrected chi connectivity index (χ4v) is 2.05. The molecule has 0 saturated carbocycles. The summed E-state index contributed by atoms with van der Waals surface area (Å²) in [6.07, 6.45) is 0.0921. The van der Waals surface area contributed by atoms with E-state index in [2.05, 4.69) is 5.32 Å². The lowest BCUT2D eigenvalue weighted by atomic mass is 10.1. The van der Waals surface area contributed by atoms with Gasteiger partial charge in [-0.25, -0.2) is 0 Å². The van der Waals surface area contributed by atoms with E-state index < -0.39 is 5.97 Å². The smallest absolute Gasteiger partial charge is 0.310 e. The molecule has 0 saturated heterocycles. The van der Waals surface area contributed by atoms with Crippen molar-refractivity contribution in [1.82, 2.24) is 0 Å². The molecule has 0 spiro atoms. The molecule has 5 heteroatoms. The van der Waals surface area contributed by atoms with Gasteiger partial charge in [0.05, 0.1) is 13.5 Å². The quantitative estimate of drug-likeness (QED) is 0.833. The predicted molar refractivity (Wildman–Crippen MR) is 87.5 cm³/mol. The number of nitrogens with one attached hydrogen (secondary N) is 1. The molecule has 2 aromatic carbocycles. The minimum Gasteiger partial charge on any atom is -0.497 e. The lowest BCUT2D eigenvalue weighted by molar-refractivity contribution is -0.146. The summed E-state index contributed by atoms with van der Waals surface area (Å²) in [6.45, 7) is 1.58. The number of methoxy groups -OCH3 is 1. The maximum absolute atomic E-state index is 11.8. The number of para-hydroxylation sites is 1. The minimum absolute atomic E-state index is 0.0921. The number of esters is 1. The van der Waals surface area contributed by atoms with Crippen molar-refractivity contribution in [2.24, 2.45) is 0 Å². The second-order valence-corrected chi connectivity index (χ2v) is 5.05. The monoisotopic (exact) mass is 313 g/mol. The van der Waals surface area contributed by atoms with Gasteiger partial charge in [-0.2, -0.15) is 0 Å². The summed E-state index contributed by atoms with van der Waals surface area (Å²) >= 11 is 0. The molecular formula is C18H19NO4. The lowest BCUT2D eigenvalue weighted by Crippen LogP contribution is -2.22. The largest absolute Gasteiger partial charge is 0.497 e. The number of carbonyl (C=O) groups is 2. The Hall–Kier alpha value is -2.82. The van der Waals surface area contributed by atoms with Crippen LogP contribution in [0.4, 0.5) is 5.69 Å². The minimum atomic E-state index is -0.460. The number of amides is 1. The Labute approximate surface area is 135 Å². The van der Waals surface area contributed by atoms with Gasteiger partial charge in [-0.05, 0) is 36.2 Å². The first-order valence-corrected chi connectivity index (χ1v) is 7.22. The molecule has 0 aliphatic carbocycles. The van der Waals surface area contributed by atoms with Crippen molar-refractivity contribution < 1.29 is 19.1 Å². The van der Waals surface area contributed by atoms with Crippen molar-refractivity contribution in [3.63, 3.8) is 0 Å². The third-order valence-electron chi connectivity index (χ3n) is 3.27. The maximum Gasteiger partial charge on any atom is 0.310 e. The predicted octanol–water partition coefficient (Wildman–Crippen LogP) is 2.73. The van der Waals surface area contributed by atoms with Crippen LogP contribution >= 0.6 is 0 Å². The van der Waals surface area contributed by atoms with E-state index in [-0.39, 0.29) is 18.9 Å². The number of aryl methyl sites for hydroxylation is 1. The van der Waals surface area contributed by atoms with E-state index >= 15 is 0 Å². The normalized spacial score (nSPS) is 10.0. The van der Waals surface area contributed by atoms with Gasteiger partial charge in [0.2, 0.25) is 0 Å². The number of anilines is 1. The first kappa shape index (κ1) is 16.5. The molecule has 120 valence electrons. The molecule has 1 N–H and O–H groups in total. The van der Waals surface area contributed by atoms with Gasteiger partial charge in [-0.1, -0.05) is 30.3 Å². The van der Waals surface area contributed by atoms with Gasteiger partial charge >= 0.3 is 5.97 Å². The van der Waals surface area contributed by atoms with E-state index in [0.29, 0.717) is 11.4 Å². The van der Waals surface area contributed by atoms with E-state index in [1.54, 1.807) is 37.4 Å². The van der Waals surface area contributed by atoms with Crippen LogP contribution in [0.3, 0.4) is 0 Å². The molecule has 0 aliphatic heterocycles. The summed E-state index contributed by atoms with van der Waals surface area (Å²) in [4.78, 5) is 23.6. The molecule has 0 radical (unpaired) electrons. The SMILES string of the molecule is COc1cccc(CC(=O)OCC(=O)Nc2ccccc2C)c1. The van der Waals surface area contributed by atoms with Crippen LogP contribution in [0.5, 0.6) is 5.75 Å². The van der Waals surface area contributed by atoms with Crippen molar-refractivity contribution in [3.05, 3.63) is 59.7 Å². The average Bonchev–Trinajstić information content (AvgIpc) is 2.55. The third kappa shape index (κ3) is 5.14. The highest BCUT2D eigenvalue weighted by Crippen LogP contribution is 2.14. The number of hydrogen-bond donors (Lipinski definition) is 1. The number of carbonyl (C=O) groups excluding carboxylic acids is 2. The molecule has 0 fully saturated rings. The number of hydrogen-bond acceptors (Lipinski definition) is 4. The molecule has 0 bridgehead atoms. The molecule has 2 rings (SSSR count). The highest BCUT2D eigenvalue weighted by atomic mass is 16.5. The fraction of sp³-hybridized carbons (Fsp3) is 0.222. The first-order chi connectivity index (χ1) is 11.1. The van der Waals surface area contributed by atoms with Gasteiger partial charge in [0.25, 0.3) is 5.91 Å². The maximum atomic E-state index is 11.8. The van der Waals surface area contributed by atoms with Gasteiger partial charge in [-0.15, -0.1) is 0 Å². The highest BCUT2D eigenvalue weighted by molar-refractivity contribution is 5.93. The van der Waals surface area contributed by atoms with E-state index in [1.165, 1.54) is 0 Å². The van der Waals surface area contributed by atoms with E-state index in [1.807, 2.05) is 25.1 Å². The second kappa shape index (κ2) is 7.98. The molecule has 2 aromatic rings. The molecule has 0 aromatic heterocycles. The summed E-state index contributed by atoms with van der Waals surface area (Å²) in [6, 6.07) is 14.6. The van der Waals surface area contributed by atoms with Crippen LogP contribution in [0, 0.1) is 6.92 Å². The summed E-state index contributed by atoms with van der Waals surface area (Å²) in [5.41, 5.74) is 2.43. The molecule has 0 unspecified atom stereocenters. The van der Waals surface area contributed by atoms with Crippen LogP contribution in [0.1, 0.15) is 11.1 Å². The van der Waals surface area contributed by atoms with Crippen molar-refractivity contribution >= 4 is 17.6 Å². The summed E-state index contributed by atoms with van der Waals surface area (Å²) in [5, 5.41) is 2.71. The lowest BCUT2D eigenvalue weighted by Gasteiger charge is -2.09. The third-order valence-corrected chi connectivity index (χ3v) is 3.27. The van der Waals surface area contributed by atoms with Gasteiger partial charge in [0.1, 0.15) is 5.75 Å². The molecular weight excluding hydrogens is 294 g/mol. The summed E-state index contributed by atoms with van der Waals surface area (Å²) < 4.78 is 10.1. The van der Waals surface area contributed by atoms with Gasteiger partial charge < -0.3 is 14.8 Å². The number of rotatable bonds is 6. The molecule has 1 amide bonds. The Balaban J connectivity index is 1.82.